The second kappa shape index (κ2) is 9.20. The molecule has 1 aliphatic heterocycles. The maximum Gasteiger partial charge on any atom is 0.313 e. The summed E-state index contributed by atoms with van der Waals surface area (Å²) in [5, 5.41) is 0. The quantitative estimate of drug-likeness (QED) is 0.677. The molecular weight excluding hydrogens is 350 g/mol. The normalized spacial score (nSPS) is 16.8. The van der Waals surface area contributed by atoms with Gasteiger partial charge < -0.3 is 9.64 Å². The molecule has 2 aromatic rings. The molecular formula is C23H31N3O2. The number of benzene rings is 1. The minimum absolute atomic E-state index is 0.166. The summed E-state index contributed by atoms with van der Waals surface area (Å²) in [6, 6.07) is 13.0. The second-order valence-electron chi connectivity index (χ2n) is 7.79. The van der Waals surface area contributed by atoms with Gasteiger partial charge in [-0.25, -0.2) is 4.98 Å². The summed E-state index contributed by atoms with van der Waals surface area (Å²) < 4.78 is 5.71. The van der Waals surface area contributed by atoms with E-state index in [-0.39, 0.29) is 11.9 Å². The molecule has 0 saturated carbocycles. The number of hydrogen-bond donors (Lipinski definition) is 0. The van der Waals surface area contributed by atoms with Gasteiger partial charge in [0.15, 0.2) is 11.6 Å². The average molecular weight is 382 g/mol. The van der Waals surface area contributed by atoms with Gasteiger partial charge >= 0.3 is 5.97 Å². The third kappa shape index (κ3) is 4.71. The Morgan fingerprint density at radius 1 is 1.29 bits per heavy atom. The van der Waals surface area contributed by atoms with Gasteiger partial charge in [0, 0.05) is 31.9 Å². The van der Waals surface area contributed by atoms with Crippen LogP contribution in [0.25, 0.3) is 0 Å². The van der Waals surface area contributed by atoms with Crippen LogP contribution in [-0.4, -0.2) is 41.5 Å². The fraction of sp³-hybridized carbons (Fsp3) is 0.478. The number of pyridine rings is 1. The molecule has 0 spiro atoms. The lowest BCUT2D eigenvalue weighted by Crippen LogP contribution is -2.37. The van der Waals surface area contributed by atoms with Crippen molar-refractivity contribution in [3.63, 3.8) is 0 Å². The van der Waals surface area contributed by atoms with Gasteiger partial charge in [-0.15, -0.1) is 0 Å². The number of carbonyl (C=O) groups excluding carboxylic acids is 1. The van der Waals surface area contributed by atoms with Crippen LogP contribution in [0.15, 0.2) is 42.6 Å². The highest BCUT2D eigenvalue weighted by molar-refractivity contribution is 5.77. The van der Waals surface area contributed by atoms with E-state index in [4.69, 9.17) is 4.74 Å². The maximum atomic E-state index is 12.2. The van der Waals surface area contributed by atoms with E-state index in [0.29, 0.717) is 11.8 Å². The van der Waals surface area contributed by atoms with E-state index in [1.54, 1.807) is 6.20 Å². The number of ether oxygens (including phenoxy) is 1. The molecule has 0 N–H and O–H groups in total. The fourth-order valence-corrected chi connectivity index (χ4v) is 3.65. The van der Waals surface area contributed by atoms with Gasteiger partial charge in [-0.05, 0) is 37.1 Å². The molecule has 3 rings (SSSR count). The highest BCUT2D eigenvalue weighted by Crippen LogP contribution is 2.33. The number of aromatic nitrogens is 1. The molecule has 0 amide bonds. The van der Waals surface area contributed by atoms with Crippen LogP contribution >= 0.6 is 0 Å². The van der Waals surface area contributed by atoms with Crippen LogP contribution in [0.5, 0.6) is 5.75 Å². The molecule has 2 heterocycles. The number of rotatable bonds is 7. The van der Waals surface area contributed by atoms with Crippen molar-refractivity contribution in [1.29, 1.82) is 0 Å². The van der Waals surface area contributed by atoms with Gasteiger partial charge in [-0.1, -0.05) is 51.1 Å². The number of nitrogens with zero attached hydrogens (tertiary/aromatic N) is 3. The first-order valence-electron chi connectivity index (χ1n) is 10.2. The Morgan fingerprint density at radius 2 is 2.04 bits per heavy atom. The Kier molecular flexibility index (Phi) is 6.68. The van der Waals surface area contributed by atoms with Crippen molar-refractivity contribution in [2.24, 2.45) is 5.92 Å². The van der Waals surface area contributed by atoms with Crippen molar-refractivity contribution in [3.8, 4) is 5.75 Å². The summed E-state index contributed by atoms with van der Waals surface area (Å²) in [7, 11) is 0. The van der Waals surface area contributed by atoms with E-state index in [2.05, 4.69) is 52.0 Å². The Bertz CT molecular complexity index is 792. The van der Waals surface area contributed by atoms with Crippen molar-refractivity contribution < 1.29 is 9.53 Å². The zero-order valence-electron chi connectivity index (χ0n) is 17.4. The van der Waals surface area contributed by atoms with E-state index in [1.165, 1.54) is 5.56 Å². The molecule has 0 aliphatic carbocycles. The molecule has 1 aromatic carbocycles. The second-order valence-corrected chi connectivity index (χ2v) is 7.79. The lowest BCUT2D eigenvalue weighted by Gasteiger charge is -2.28. The van der Waals surface area contributed by atoms with Gasteiger partial charge in [0.25, 0.3) is 0 Å². The molecule has 1 aromatic heterocycles. The van der Waals surface area contributed by atoms with E-state index < -0.39 is 0 Å². The molecule has 28 heavy (non-hydrogen) atoms. The molecule has 1 atom stereocenters. The predicted molar refractivity (Wildman–Crippen MR) is 113 cm³/mol. The van der Waals surface area contributed by atoms with Gasteiger partial charge in [-0.2, -0.15) is 0 Å². The summed E-state index contributed by atoms with van der Waals surface area (Å²) in [6.07, 6.45) is 2.88. The van der Waals surface area contributed by atoms with Crippen molar-refractivity contribution in [2.45, 2.75) is 46.7 Å². The predicted octanol–water partition coefficient (Wildman–Crippen LogP) is 4.05. The maximum absolute atomic E-state index is 12.2. The van der Waals surface area contributed by atoms with Gasteiger partial charge in [0.2, 0.25) is 0 Å². The van der Waals surface area contributed by atoms with Gasteiger partial charge in [0.1, 0.15) is 0 Å². The smallest absolute Gasteiger partial charge is 0.313 e. The highest BCUT2D eigenvalue weighted by Gasteiger charge is 2.30. The third-order valence-electron chi connectivity index (χ3n) is 5.37. The van der Waals surface area contributed by atoms with Crippen LogP contribution in [0, 0.1) is 12.8 Å². The zero-order valence-corrected chi connectivity index (χ0v) is 17.4. The molecule has 0 unspecified atom stereocenters. The van der Waals surface area contributed by atoms with Crippen molar-refractivity contribution >= 4 is 11.8 Å². The van der Waals surface area contributed by atoms with E-state index in [0.717, 1.165) is 44.0 Å². The lowest BCUT2D eigenvalue weighted by atomic mass is 10.1. The SMILES string of the molecule is CCN(Cc1ccccc1)[C@@H]1CCN(c2nccc(C)c2OC(=O)C(C)C)C1. The first-order valence-corrected chi connectivity index (χ1v) is 10.2. The summed E-state index contributed by atoms with van der Waals surface area (Å²) in [4.78, 5) is 21.5. The van der Waals surface area contributed by atoms with Crippen LogP contribution < -0.4 is 9.64 Å². The van der Waals surface area contributed by atoms with Crippen LogP contribution in [-0.2, 0) is 11.3 Å². The van der Waals surface area contributed by atoms with Gasteiger partial charge in [0.05, 0.1) is 5.92 Å². The summed E-state index contributed by atoms with van der Waals surface area (Å²) >= 11 is 0. The molecule has 1 fully saturated rings. The molecule has 1 saturated heterocycles. The highest BCUT2D eigenvalue weighted by atomic mass is 16.5. The lowest BCUT2D eigenvalue weighted by molar-refractivity contribution is -0.137. The molecule has 0 radical (unpaired) electrons. The number of likely N-dealkylation sites (N-methyl/N-ethyl adjacent to an activating group) is 1. The monoisotopic (exact) mass is 381 g/mol. The average Bonchev–Trinajstić information content (AvgIpc) is 3.18. The first kappa shape index (κ1) is 20.3. The third-order valence-corrected chi connectivity index (χ3v) is 5.37. The Labute approximate surface area is 168 Å². The van der Waals surface area contributed by atoms with E-state index >= 15 is 0 Å². The molecule has 5 nitrogen and oxygen atoms in total. The minimum atomic E-state index is -0.215. The molecule has 5 heteroatoms. The molecule has 1 aliphatic rings. The number of esters is 1. The Hall–Kier alpha value is -2.40. The Balaban J connectivity index is 1.74. The summed E-state index contributed by atoms with van der Waals surface area (Å²) in [5.74, 6) is 1.01. The molecule has 0 bridgehead atoms. The first-order chi connectivity index (χ1) is 13.5. The van der Waals surface area contributed by atoms with Crippen molar-refractivity contribution in [1.82, 2.24) is 9.88 Å². The van der Waals surface area contributed by atoms with Crippen LogP contribution in [0.3, 0.4) is 0 Å². The van der Waals surface area contributed by atoms with E-state index in [1.807, 2.05) is 26.8 Å². The fourth-order valence-electron chi connectivity index (χ4n) is 3.65. The largest absolute Gasteiger partial charge is 0.422 e. The summed E-state index contributed by atoms with van der Waals surface area (Å²) in [5.41, 5.74) is 2.28. The van der Waals surface area contributed by atoms with Crippen LogP contribution in [0.4, 0.5) is 5.82 Å². The number of carbonyl (C=O) groups is 1. The van der Waals surface area contributed by atoms with E-state index in [9.17, 15) is 4.79 Å². The standard InChI is InChI=1S/C23H31N3O2/c1-5-25(15-19-9-7-6-8-10-19)20-12-14-26(16-20)22-21(18(4)11-13-24-22)28-23(27)17(2)3/h6-11,13,17,20H,5,12,14-16H2,1-4H3/t20-/m1/s1. The van der Waals surface area contributed by atoms with Gasteiger partial charge in [-0.3, -0.25) is 9.69 Å². The number of aryl methyl sites for hydroxylation is 1. The van der Waals surface area contributed by atoms with Crippen molar-refractivity contribution in [2.75, 3.05) is 24.5 Å². The topological polar surface area (TPSA) is 45.7 Å². The van der Waals surface area contributed by atoms with Crippen LogP contribution in [0.2, 0.25) is 0 Å². The number of anilines is 1. The van der Waals surface area contributed by atoms with Crippen LogP contribution in [0.1, 0.15) is 38.3 Å². The number of hydrogen-bond acceptors (Lipinski definition) is 5. The molecule has 150 valence electrons. The zero-order chi connectivity index (χ0) is 20.1. The minimum Gasteiger partial charge on any atom is -0.422 e. The summed E-state index contributed by atoms with van der Waals surface area (Å²) in [6.45, 7) is 11.6. The Morgan fingerprint density at radius 3 is 2.71 bits per heavy atom. The van der Waals surface area contributed by atoms with Crippen molar-refractivity contribution in [3.05, 3.63) is 53.7 Å².